The molecule has 0 aromatic heterocycles. The minimum atomic E-state index is -3.47. The Kier molecular flexibility index (Phi) is 5.44. The van der Waals surface area contributed by atoms with Crippen LogP contribution < -0.4 is 5.32 Å². The van der Waals surface area contributed by atoms with Crippen molar-refractivity contribution in [1.82, 2.24) is 8.61 Å². The summed E-state index contributed by atoms with van der Waals surface area (Å²) in [5.41, 5.74) is 2.84. The van der Waals surface area contributed by atoms with E-state index in [2.05, 4.69) is 5.32 Å². The Labute approximate surface area is 138 Å². The zero-order valence-corrected chi connectivity index (χ0v) is 15.0. The van der Waals surface area contributed by atoms with Crippen LogP contribution >= 0.6 is 0 Å². The number of hydrogen-bond acceptors (Lipinski definition) is 3. The molecule has 0 saturated carbocycles. The predicted molar refractivity (Wildman–Crippen MR) is 91.4 cm³/mol. The molecule has 7 heteroatoms. The summed E-state index contributed by atoms with van der Waals surface area (Å²) in [6, 6.07) is 5.85. The quantitative estimate of drug-likeness (QED) is 0.909. The van der Waals surface area contributed by atoms with Crippen molar-refractivity contribution in [2.45, 2.75) is 26.7 Å². The minimum Gasteiger partial charge on any atom is -0.325 e. The van der Waals surface area contributed by atoms with Gasteiger partial charge in [-0.2, -0.15) is 17.0 Å². The van der Waals surface area contributed by atoms with Crippen molar-refractivity contribution in [3.8, 4) is 0 Å². The fourth-order valence-electron chi connectivity index (χ4n) is 2.83. The molecule has 0 bridgehead atoms. The maximum absolute atomic E-state index is 12.6. The highest BCUT2D eigenvalue weighted by Crippen LogP contribution is 2.24. The van der Waals surface area contributed by atoms with Crippen molar-refractivity contribution >= 4 is 21.8 Å². The van der Waals surface area contributed by atoms with E-state index in [0.29, 0.717) is 19.4 Å². The van der Waals surface area contributed by atoms with Crippen molar-refractivity contribution in [1.29, 1.82) is 0 Å². The Morgan fingerprint density at radius 2 is 1.87 bits per heavy atom. The number of piperidine rings is 1. The van der Waals surface area contributed by atoms with E-state index in [4.69, 9.17) is 0 Å². The second-order valence-electron chi connectivity index (χ2n) is 6.24. The second-order valence-corrected chi connectivity index (χ2v) is 8.39. The number of rotatable bonds is 4. The van der Waals surface area contributed by atoms with E-state index in [1.807, 2.05) is 32.0 Å². The van der Waals surface area contributed by atoms with Crippen LogP contribution in [0.2, 0.25) is 0 Å². The van der Waals surface area contributed by atoms with E-state index >= 15 is 0 Å². The number of benzene rings is 1. The van der Waals surface area contributed by atoms with Crippen molar-refractivity contribution < 1.29 is 13.2 Å². The van der Waals surface area contributed by atoms with Crippen molar-refractivity contribution in [2.24, 2.45) is 5.92 Å². The lowest BCUT2D eigenvalue weighted by atomic mass is 9.98. The van der Waals surface area contributed by atoms with Gasteiger partial charge in [-0.1, -0.05) is 18.2 Å². The van der Waals surface area contributed by atoms with Gasteiger partial charge >= 0.3 is 0 Å². The summed E-state index contributed by atoms with van der Waals surface area (Å²) in [6.45, 7) is 4.60. The summed E-state index contributed by atoms with van der Waals surface area (Å²) in [5, 5.41) is 2.98. The van der Waals surface area contributed by atoms with Crippen LogP contribution in [0.1, 0.15) is 24.0 Å². The number of hydrogen-bond donors (Lipinski definition) is 1. The fraction of sp³-hybridized carbons (Fsp3) is 0.562. The Balaban J connectivity index is 2.11. The molecule has 1 N–H and O–H groups in total. The van der Waals surface area contributed by atoms with E-state index in [1.54, 1.807) is 0 Å². The molecule has 1 aromatic carbocycles. The number of anilines is 1. The van der Waals surface area contributed by atoms with E-state index in [1.165, 1.54) is 22.7 Å². The highest BCUT2D eigenvalue weighted by Gasteiger charge is 2.33. The number of amides is 1. The van der Waals surface area contributed by atoms with Crippen molar-refractivity contribution in [3.63, 3.8) is 0 Å². The molecule has 1 aliphatic heterocycles. The number of para-hydroxylation sites is 1. The van der Waals surface area contributed by atoms with Gasteiger partial charge in [-0.15, -0.1) is 0 Å². The van der Waals surface area contributed by atoms with E-state index in [-0.39, 0.29) is 18.4 Å². The van der Waals surface area contributed by atoms with Gasteiger partial charge in [0.05, 0.1) is 5.92 Å². The Morgan fingerprint density at radius 1 is 1.26 bits per heavy atom. The molecule has 0 unspecified atom stereocenters. The summed E-state index contributed by atoms with van der Waals surface area (Å²) in [4.78, 5) is 12.6. The summed E-state index contributed by atoms with van der Waals surface area (Å²) in [6.07, 6.45) is 1.40. The summed E-state index contributed by atoms with van der Waals surface area (Å²) >= 11 is 0. The Morgan fingerprint density at radius 3 is 2.43 bits per heavy atom. The molecule has 1 heterocycles. The van der Waals surface area contributed by atoms with E-state index in [9.17, 15) is 13.2 Å². The van der Waals surface area contributed by atoms with Crippen molar-refractivity contribution in [3.05, 3.63) is 29.3 Å². The summed E-state index contributed by atoms with van der Waals surface area (Å²) in [7, 11) is -0.450. The molecule has 1 atom stereocenters. The highest BCUT2D eigenvalue weighted by molar-refractivity contribution is 7.86. The lowest BCUT2D eigenvalue weighted by Crippen LogP contribution is -2.47. The third-order valence-corrected chi connectivity index (χ3v) is 6.18. The molecule has 1 saturated heterocycles. The van der Waals surface area contributed by atoms with Gasteiger partial charge in [-0.3, -0.25) is 4.79 Å². The first-order valence-corrected chi connectivity index (χ1v) is 9.18. The standard InChI is InChI=1S/C16H25N3O3S/c1-12-7-5-8-13(2)15(12)17-16(20)14-9-6-10-19(11-14)23(21,22)18(3)4/h5,7-8,14H,6,9-11H2,1-4H3,(H,17,20)/t14-/m1/s1. The lowest BCUT2D eigenvalue weighted by molar-refractivity contribution is -0.120. The highest BCUT2D eigenvalue weighted by atomic mass is 32.2. The minimum absolute atomic E-state index is 0.110. The van der Waals surface area contributed by atoms with Crippen LogP contribution in [0, 0.1) is 19.8 Å². The van der Waals surface area contributed by atoms with Gasteiger partial charge in [0.15, 0.2) is 0 Å². The summed E-state index contributed by atoms with van der Waals surface area (Å²) < 4.78 is 27.1. The van der Waals surface area contributed by atoms with Gasteiger partial charge in [0, 0.05) is 32.9 Å². The van der Waals surface area contributed by atoms with Crippen LogP contribution in [0.3, 0.4) is 0 Å². The fourth-order valence-corrected chi connectivity index (χ4v) is 4.02. The van der Waals surface area contributed by atoms with E-state index in [0.717, 1.165) is 16.8 Å². The first kappa shape index (κ1) is 17.9. The first-order chi connectivity index (χ1) is 10.7. The molecule has 0 radical (unpaired) electrons. The molecule has 23 heavy (non-hydrogen) atoms. The molecule has 0 aliphatic carbocycles. The number of carbonyl (C=O) groups excluding carboxylic acids is 1. The largest absolute Gasteiger partial charge is 0.325 e. The van der Waals surface area contributed by atoms with Crippen LogP contribution in [0.15, 0.2) is 18.2 Å². The van der Waals surface area contributed by atoms with Gasteiger partial charge in [-0.25, -0.2) is 0 Å². The number of nitrogens with one attached hydrogen (secondary N) is 1. The van der Waals surface area contributed by atoms with Crippen LogP contribution in [0.25, 0.3) is 0 Å². The molecule has 1 aromatic rings. The zero-order valence-electron chi connectivity index (χ0n) is 14.2. The normalized spacial score (nSPS) is 19.8. The van der Waals surface area contributed by atoms with Gasteiger partial charge in [-0.05, 0) is 37.8 Å². The van der Waals surface area contributed by atoms with Gasteiger partial charge in [0.25, 0.3) is 10.2 Å². The monoisotopic (exact) mass is 339 g/mol. The SMILES string of the molecule is Cc1cccc(C)c1NC(=O)[C@@H]1CCCN(S(=O)(=O)N(C)C)C1. The van der Waals surface area contributed by atoms with Crippen LogP contribution in [-0.2, 0) is 15.0 Å². The topological polar surface area (TPSA) is 69.7 Å². The average molecular weight is 339 g/mol. The third kappa shape index (κ3) is 3.91. The zero-order chi connectivity index (χ0) is 17.2. The Hall–Kier alpha value is -1.44. The first-order valence-electron chi connectivity index (χ1n) is 7.78. The third-order valence-electron chi connectivity index (χ3n) is 4.27. The lowest BCUT2D eigenvalue weighted by Gasteiger charge is -2.33. The second kappa shape index (κ2) is 6.98. The van der Waals surface area contributed by atoms with Gasteiger partial charge in [0.1, 0.15) is 0 Å². The number of nitrogens with zero attached hydrogens (tertiary/aromatic N) is 2. The van der Waals surface area contributed by atoms with Crippen LogP contribution in [0.4, 0.5) is 5.69 Å². The molecule has 0 spiro atoms. The molecule has 128 valence electrons. The molecular weight excluding hydrogens is 314 g/mol. The maximum atomic E-state index is 12.6. The van der Waals surface area contributed by atoms with Gasteiger partial charge in [0.2, 0.25) is 5.91 Å². The van der Waals surface area contributed by atoms with Crippen LogP contribution in [-0.4, -0.2) is 50.1 Å². The molecule has 1 fully saturated rings. The smallest absolute Gasteiger partial charge is 0.281 e. The molecular formula is C16H25N3O3S. The Bertz CT molecular complexity index is 666. The molecule has 6 nitrogen and oxygen atoms in total. The molecule has 2 rings (SSSR count). The molecule has 1 aliphatic rings. The van der Waals surface area contributed by atoms with E-state index < -0.39 is 10.2 Å². The van der Waals surface area contributed by atoms with Crippen molar-refractivity contribution in [2.75, 3.05) is 32.5 Å². The summed E-state index contributed by atoms with van der Waals surface area (Å²) in [5.74, 6) is -0.432. The molecule has 1 amide bonds. The number of aryl methyl sites for hydroxylation is 2. The predicted octanol–water partition coefficient (Wildman–Crippen LogP) is 1.76. The van der Waals surface area contributed by atoms with Crippen LogP contribution in [0.5, 0.6) is 0 Å². The number of carbonyl (C=O) groups is 1. The van der Waals surface area contributed by atoms with Gasteiger partial charge < -0.3 is 5.32 Å². The maximum Gasteiger partial charge on any atom is 0.281 e. The average Bonchev–Trinajstić information content (AvgIpc) is 2.51.